The van der Waals surface area contributed by atoms with Crippen LogP contribution in [0.5, 0.6) is 0 Å². The van der Waals surface area contributed by atoms with Gasteiger partial charge in [0.25, 0.3) is 0 Å². The lowest BCUT2D eigenvalue weighted by atomic mass is 10.0. The summed E-state index contributed by atoms with van der Waals surface area (Å²) in [6, 6.07) is 6.56. The van der Waals surface area contributed by atoms with E-state index in [9.17, 15) is 0 Å². The van der Waals surface area contributed by atoms with Crippen LogP contribution in [0.25, 0.3) is 0 Å². The minimum absolute atomic E-state index is 0.228. The van der Waals surface area contributed by atoms with Crippen molar-refractivity contribution in [2.75, 3.05) is 13.2 Å². The number of rotatable bonds is 6. The minimum Gasteiger partial charge on any atom is -0.396 e. The lowest BCUT2D eigenvalue weighted by molar-refractivity contribution is 0.299. The van der Waals surface area contributed by atoms with Crippen LogP contribution < -0.4 is 5.73 Å². The van der Waals surface area contributed by atoms with Gasteiger partial charge >= 0.3 is 0 Å². The topological polar surface area (TPSA) is 46.2 Å². The molecule has 0 radical (unpaired) electrons. The molecule has 0 atom stereocenters. The zero-order valence-electron chi connectivity index (χ0n) is 11.5. The highest BCUT2D eigenvalue weighted by Crippen LogP contribution is 2.12. The number of unbranched alkanes of at least 4 members (excludes halogenated alkanes) is 1. The average molecular weight is 237 g/mol. The van der Waals surface area contributed by atoms with Gasteiger partial charge in [0.15, 0.2) is 0 Å². The number of hydrogen-bond donors (Lipinski definition) is 2. The van der Waals surface area contributed by atoms with Crippen molar-refractivity contribution in [3.63, 3.8) is 0 Å². The summed E-state index contributed by atoms with van der Waals surface area (Å²) in [5.41, 5.74) is 9.35. The highest BCUT2D eigenvalue weighted by atomic mass is 16.2. The van der Waals surface area contributed by atoms with Crippen LogP contribution in [0.4, 0.5) is 0 Å². The van der Waals surface area contributed by atoms with Crippen molar-refractivity contribution in [3.05, 3.63) is 34.9 Å². The summed E-state index contributed by atoms with van der Waals surface area (Å²) >= 11 is 0. The van der Waals surface area contributed by atoms with Gasteiger partial charge in [0, 0.05) is 6.61 Å². The molecular weight excluding hydrogens is 210 g/mol. The molecule has 0 spiro atoms. The van der Waals surface area contributed by atoms with Crippen LogP contribution in [0.15, 0.2) is 18.2 Å². The second kappa shape index (κ2) is 10.3. The third kappa shape index (κ3) is 7.14. The summed E-state index contributed by atoms with van der Waals surface area (Å²) in [5, 5.41) is 8.90. The summed E-state index contributed by atoms with van der Waals surface area (Å²) in [6.45, 7) is 7.11. The maximum Gasteiger partial charge on any atom is 0.0471 e. The molecule has 0 aliphatic carbocycles. The first kappa shape index (κ1) is 16.1. The Labute approximate surface area is 106 Å². The molecule has 0 aliphatic heterocycles. The van der Waals surface area contributed by atoms with Gasteiger partial charge in [-0.3, -0.25) is 0 Å². The van der Waals surface area contributed by atoms with Gasteiger partial charge in [-0.2, -0.15) is 0 Å². The summed E-state index contributed by atoms with van der Waals surface area (Å²) in [7, 11) is 0. The van der Waals surface area contributed by atoms with Crippen LogP contribution in [0, 0.1) is 6.92 Å². The summed E-state index contributed by atoms with van der Waals surface area (Å²) in [6.07, 6.45) is 4.09. The molecular formula is C15H27NO. The second-order valence-electron chi connectivity index (χ2n) is 4.05. The zero-order valence-corrected chi connectivity index (χ0v) is 11.5. The molecule has 1 aromatic carbocycles. The first-order chi connectivity index (χ1) is 8.26. The average Bonchev–Trinajstić information content (AvgIpc) is 2.32. The Morgan fingerprint density at radius 1 is 1.00 bits per heavy atom. The van der Waals surface area contributed by atoms with Crippen LogP contribution in [0.3, 0.4) is 0 Å². The van der Waals surface area contributed by atoms with E-state index in [4.69, 9.17) is 10.8 Å². The van der Waals surface area contributed by atoms with Gasteiger partial charge in [0.2, 0.25) is 0 Å². The second-order valence-corrected chi connectivity index (χ2v) is 4.05. The quantitative estimate of drug-likeness (QED) is 0.747. The Kier molecular flexibility index (Phi) is 9.78. The van der Waals surface area contributed by atoms with Gasteiger partial charge in [-0.05, 0) is 50.3 Å². The highest BCUT2D eigenvalue weighted by Gasteiger charge is 1.98. The molecule has 2 nitrogen and oxygen atoms in total. The Bertz CT molecular complexity index is 297. The third-order valence-electron chi connectivity index (χ3n) is 2.52. The van der Waals surface area contributed by atoms with Crippen LogP contribution >= 0.6 is 0 Å². The maximum atomic E-state index is 8.90. The molecule has 0 saturated heterocycles. The molecule has 3 N–H and O–H groups in total. The van der Waals surface area contributed by atoms with E-state index in [0.717, 1.165) is 32.2 Å². The van der Waals surface area contributed by atoms with E-state index >= 15 is 0 Å². The Balaban J connectivity index is 0.00000121. The molecule has 17 heavy (non-hydrogen) atoms. The molecule has 2 heteroatoms. The molecule has 98 valence electrons. The number of hydrogen-bond acceptors (Lipinski definition) is 2. The SMILES string of the molecule is CC.Cc1cc(CCO)cc(CCCCN)c1. The smallest absolute Gasteiger partial charge is 0.0471 e. The fourth-order valence-electron chi connectivity index (χ4n) is 1.84. The van der Waals surface area contributed by atoms with Crippen molar-refractivity contribution in [2.24, 2.45) is 5.73 Å². The fraction of sp³-hybridized carbons (Fsp3) is 0.600. The van der Waals surface area contributed by atoms with Gasteiger partial charge in [-0.1, -0.05) is 37.6 Å². The summed E-state index contributed by atoms with van der Waals surface area (Å²) in [4.78, 5) is 0. The highest BCUT2D eigenvalue weighted by molar-refractivity contribution is 5.29. The van der Waals surface area contributed by atoms with Gasteiger partial charge in [0.1, 0.15) is 0 Å². The molecule has 0 saturated carbocycles. The molecule has 0 fully saturated rings. The van der Waals surface area contributed by atoms with Crippen LogP contribution in [-0.2, 0) is 12.8 Å². The molecule has 0 aliphatic rings. The largest absolute Gasteiger partial charge is 0.396 e. The first-order valence-corrected chi connectivity index (χ1v) is 6.66. The van der Waals surface area contributed by atoms with Crippen molar-refractivity contribution in [1.82, 2.24) is 0 Å². The molecule has 0 amide bonds. The third-order valence-corrected chi connectivity index (χ3v) is 2.52. The van der Waals surface area contributed by atoms with Crippen LogP contribution in [0.1, 0.15) is 43.4 Å². The predicted molar refractivity (Wildman–Crippen MR) is 75.3 cm³/mol. The van der Waals surface area contributed by atoms with Gasteiger partial charge < -0.3 is 10.8 Å². The van der Waals surface area contributed by atoms with Crippen molar-refractivity contribution < 1.29 is 5.11 Å². The van der Waals surface area contributed by atoms with Gasteiger partial charge in [-0.15, -0.1) is 0 Å². The molecule has 1 aromatic rings. The maximum absolute atomic E-state index is 8.90. The number of aliphatic hydroxyl groups excluding tert-OH is 1. The van der Waals surface area contributed by atoms with E-state index in [-0.39, 0.29) is 6.61 Å². The lowest BCUT2D eigenvalue weighted by Crippen LogP contribution is -2.00. The van der Waals surface area contributed by atoms with Crippen LogP contribution in [-0.4, -0.2) is 18.3 Å². The molecule has 1 rings (SSSR count). The van der Waals surface area contributed by atoms with E-state index < -0.39 is 0 Å². The minimum atomic E-state index is 0.228. The first-order valence-electron chi connectivity index (χ1n) is 6.66. The normalized spacial score (nSPS) is 9.71. The summed E-state index contributed by atoms with van der Waals surface area (Å²) in [5.74, 6) is 0. The number of aliphatic hydroxyl groups is 1. The van der Waals surface area contributed by atoms with Crippen molar-refractivity contribution >= 4 is 0 Å². The zero-order chi connectivity index (χ0) is 13.1. The van der Waals surface area contributed by atoms with E-state index in [2.05, 4.69) is 25.1 Å². The fourth-order valence-corrected chi connectivity index (χ4v) is 1.84. The van der Waals surface area contributed by atoms with E-state index in [1.165, 1.54) is 16.7 Å². The number of benzene rings is 1. The standard InChI is InChI=1S/C13H21NO.C2H6/c1-11-8-12(4-2-3-6-14)10-13(9-11)5-7-15;1-2/h8-10,15H,2-7,14H2,1H3;1-2H3. The predicted octanol–water partition coefficient (Wildman–Crippen LogP) is 2.84. The van der Waals surface area contributed by atoms with E-state index in [0.29, 0.717) is 0 Å². The molecule has 0 aromatic heterocycles. The Hall–Kier alpha value is -0.860. The molecule has 0 bridgehead atoms. The van der Waals surface area contributed by atoms with Gasteiger partial charge in [-0.25, -0.2) is 0 Å². The Morgan fingerprint density at radius 3 is 2.12 bits per heavy atom. The van der Waals surface area contributed by atoms with Crippen molar-refractivity contribution in [2.45, 2.75) is 46.5 Å². The van der Waals surface area contributed by atoms with E-state index in [1.54, 1.807) is 0 Å². The van der Waals surface area contributed by atoms with E-state index in [1.807, 2.05) is 13.8 Å². The van der Waals surface area contributed by atoms with Crippen LogP contribution in [0.2, 0.25) is 0 Å². The monoisotopic (exact) mass is 237 g/mol. The number of nitrogens with two attached hydrogens (primary N) is 1. The molecule has 0 unspecified atom stereocenters. The molecule has 0 heterocycles. The lowest BCUT2D eigenvalue weighted by Gasteiger charge is -2.06. The number of aryl methyl sites for hydroxylation is 2. The van der Waals surface area contributed by atoms with Gasteiger partial charge in [0.05, 0.1) is 0 Å². The summed E-state index contributed by atoms with van der Waals surface area (Å²) < 4.78 is 0. The Morgan fingerprint density at radius 2 is 1.59 bits per heavy atom. The van der Waals surface area contributed by atoms with Crippen molar-refractivity contribution in [3.8, 4) is 0 Å². The van der Waals surface area contributed by atoms with Crippen molar-refractivity contribution in [1.29, 1.82) is 0 Å².